The van der Waals surface area contributed by atoms with Gasteiger partial charge < -0.3 is 20.4 Å². The Morgan fingerprint density at radius 2 is 2.09 bits per heavy atom. The summed E-state index contributed by atoms with van der Waals surface area (Å²) in [4.78, 5) is 10.6. The van der Waals surface area contributed by atoms with Crippen LogP contribution in [0.15, 0.2) is 0 Å². The third kappa shape index (κ3) is 2.94. The van der Waals surface area contributed by atoms with Crippen LogP contribution in [0.3, 0.4) is 0 Å². The van der Waals surface area contributed by atoms with Crippen LogP contribution >= 0.6 is 0 Å². The average molecular weight is 165 g/mol. The standard InChI is InChI=1S/C6H12O5/c1-3(8)5(10)6(11)4(9)2-7/h4-7,9-11H,2H2,1H3/t4-,5+,6+/m1/s1/i1D. The van der Waals surface area contributed by atoms with E-state index in [0.29, 0.717) is 0 Å². The van der Waals surface area contributed by atoms with Gasteiger partial charge in [-0.3, -0.25) is 4.79 Å². The lowest BCUT2D eigenvalue weighted by molar-refractivity contribution is -0.137. The molecule has 0 spiro atoms. The van der Waals surface area contributed by atoms with Crippen molar-refractivity contribution in [2.75, 3.05) is 6.61 Å². The number of rotatable bonds is 4. The minimum Gasteiger partial charge on any atom is -0.394 e. The zero-order valence-corrected chi connectivity index (χ0v) is 5.84. The number of hydrogen-bond donors (Lipinski definition) is 4. The molecular formula is C6H12O5. The lowest BCUT2D eigenvalue weighted by atomic mass is 10.1. The van der Waals surface area contributed by atoms with Crippen LogP contribution in [-0.2, 0) is 4.79 Å². The van der Waals surface area contributed by atoms with E-state index < -0.39 is 37.6 Å². The Balaban J connectivity index is 4.08. The fourth-order valence-electron chi connectivity index (χ4n) is 0.509. The van der Waals surface area contributed by atoms with E-state index in [1.165, 1.54) is 0 Å². The summed E-state index contributed by atoms with van der Waals surface area (Å²) in [7, 11) is 0. The summed E-state index contributed by atoms with van der Waals surface area (Å²) in [5, 5.41) is 34.9. The first-order valence-corrected chi connectivity index (χ1v) is 3.01. The Kier molecular flexibility index (Phi) is 3.44. The molecule has 0 fully saturated rings. The van der Waals surface area contributed by atoms with Gasteiger partial charge in [-0.1, -0.05) is 0 Å². The fourth-order valence-corrected chi connectivity index (χ4v) is 0.509. The molecule has 66 valence electrons. The molecule has 0 radical (unpaired) electrons. The van der Waals surface area contributed by atoms with Crippen molar-refractivity contribution in [3.8, 4) is 0 Å². The van der Waals surface area contributed by atoms with Crippen LogP contribution in [0.2, 0.25) is 0 Å². The molecule has 0 saturated heterocycles. The molecule has 0 bridgehead atoms. The van der Waals surface area contributed by atoms with Gasteiger partial charge in [0.15, 0.2) is 5.78 Å². The van der Waals surface area contributed by atoms with E-state index in [2.05, 4.69) is 0 Å². The van der Waals surface area contributed by atoms with E-state index in [-0.39, 0.29) is 0 Å². The normalized spacial score (nSPS) is 20.2. The van der Waals surface area contributed by atoms with Crippen LogP contribution in [0.25, 0.3) is 0 Å². The van der Waals surface area contributed by atoms with Crippen LogP contribution in [-0.4, -0.2) is 51.1 Å². The number of aliphatic hydroxyl groups is 4. The second kappa shape index (κ2) is 4.40. The minimum atomic E-state index is -1.80. The van der Waals surface area contributed by atoms with Crippen LogP contribution in [0.5, 0.6) is 0 Å². The smallest absolute Gasteiger partial charge is 0.160 e. The van der Waals surface area contributed by atoms with Crippen LogP contribution in [0, 0.1) is 0 Å². The van der Waals surface area contributed by atoms with Crippen molar-refractivity contribution in [3.63, 3.8) is 0 Å². The van der Waals surface area contributed by atoms with Gasteiger partial charge >= 0.3 is 0 Å². The monoisotopic (exact) mass is 165 g/mol. The molecule has 11 heavy (non-hydrogen) atoms. The second-order valence-electron chi connectivity index (χ2n) is 2.15. The van der Waals surface area contributed by atoms with E-state index in [4.69, 9.17) is 21.8 Å². The molecule has 0 aromatic heterocycles. The molecule has 0 rings (SSSR count). The number of hydrogen-bond acceptors (Lipinski definition) is 5. The molecule has 0 amide bonds. The van der Waals surface area contributed by atoms with Crippen LogP contribution in [0.1, 0.15) is 8.27 Å². The molecular weight excluding hydrogens is 152 g/mol. The summed E-state index contributed by atoms with van der Waals surface area (Å²) >= 11 is 0. The molecule has 5 heteroatoms. The van der Waals surface area contributed by atoms with E-state index in [9.17, 15) is 4.79 Å². The van der Waals surface area contributed by atoms with Gasteiger partial charge in [-0.25, -0.2) is 0 Å². The highest BCUT2D eigenvalue weighted by atomic mass is 16.4. The third-order valence-electron chi connectivity index (χ3n) is 1.23. The van der Waals surface area contributed by atoms with Crippen molar-refractivity contribution in [3.05, 3.63) is 0 Å². The predicted molar refractivity (Wildman–Crippen MR) is 35.8 cm³/mol. The van der Waals surface area contributed by atoms with E-state index >= 15 is 0 Å². The third-order valence-corrected chi connectivity index (χ3v) is 1.23. The molecule has 4 N–H and O–H groups in total. The maximum atomic E-state index is 10.6. The van der Waals surface area contributed by atoms with Crippen molar-refractivity contribution in [2.24, 2.45) is 0 Å². The summed E-state index contributed by atoms with van der Waals surface area (Å²) in [6.45, 7) is -1.42. The van der Waals surface area contributed by atoms with Gasteiger partial charge in [0.05, 0.1) is 6.61 Å². The number of ketones is 1. The van der Waals surface area contributed by atoms with E-state index in [0.717, 1.165) is 0 Å². The van der Waals surface area contributed by atoms with Gasteiger partial charge in [0.2, 0.25) is 0 Å². The summed E-state index contributed by atoms with van der Waals surface area (Å²) in [5.74, 6) is -0.894. The van der Waals surface area contributed by atoms with Gasteiger partial charge in [-0.2, -0.15) is 0 Å². The maximum Gasteiger partial charge on any atom is 0.160 e. The maximum absolute atomic E-state index is 10.6. The zero-order valence-electron chi connectivity index (χ0n) is 6.84. The quantitative estimate of drug-likeness (QED) is 0.374. The molecule has 3 atom stereocenters. The van der Waals surface area contributed by atoms with Crippen molar-refractivity contribution in [2.45, 2.75) is 25.2 Å². The lowest BCUT2D eigenvalue weighted by Crippen LogP contribution is -2.42. The highest BCUT2D eigenvalue weighted by molar-refractivity contribution is 5.80. The highest BCUT2D eigenvalue weighted by Gasteiger charge is 2.26. The number of carbonyl (C=O) groups is 1. The van der Waals surface area contributed by atoms with E-state index in [1.807, 2.05) is 0 Å². The zero-order chi connectivity index (χ0) is 9.72. The first-order chi connectivity index (χ1) is 5.54. The first kappa shape index (κ1) is 8.61. The Labute approximate surface area is 65.3 Å². The topological polar surface area (TPSA) is 98.0 Å². The van der Waals surface area contributed by atoms with Gasteiger partial charge in [-0.05, 0) is 6.90 Å². The van der Waals surface area contributed by atoms with Gasteiger partial charge in [0, 0.05) is 1.37 Å². The molecule has 0 aromatic carbocycles. The first-order valence-electron chi connectivity index (χ1n) is 3.72. The van der Waals surface area contributed by atoms with Crippen molar-refractivity contribution >= 4 is 5.78 Å². The summed E-state index contributed by atoms with van der Waals surface area (Å²) in [5.41, 5.74) is 0. The highest BCUT2D eigenvalue weighted by Crippen LogP contribution is 2.00. The Morgan fingerprint density at radius 1 is 1.55 bits per heavy atom. The SMILES string of the molecule is [2H]CC(=O)[C@H](O)[C@@H](O)[C@H](O)CO. The molecule has 0 unspecified atom stereocenters. The number of carbonyl (C=O) groups excluding carboxylic acids is 1. The summed E-state index contributed by atoms with van der Waals surface area (Å²) in [6.07, 6.45) is -5.09. The van der Waals surface area contributed by atoms with E-state index in [1.54, 1.807) is 0 Å². The number of Topliss-reactive ketones (excluding diaryl/α,β-unsaturated/α-hetero) is 1. The molecule has 0 heterocycles. The molecule has 0 saturated carbocycles. The minimum absolute atomic E-state index is 0.670. The Bertz CT molecular complexity index is 151. The van der Waals surface area contributed by atoms with Crippen molar-refractivity contribution < 1.29 is 26.6 Å². The Morgan fingerprint density at radius 3 is 2.45 bits per heavy atom. The molecule has 0 aliphatic rings. The second-order valence-corrected chi connectivity index (χ2v) is 2.15. The lowest BCUT2D eigenvalue weighted by Gasteiger charge is -2.18. The van der Waals surface area contributed by atoms with Gasteiger partial charge in [0.1, 0.15) is 18.3 Å². The molecule has 0 aliphatic heterocycles. The fraction of sp³-hybridized carbons (Fsp3) is 0.833. The largest absolute Gasteiger partial charge is 0.394 e. The van der Waals surface area contributed by atoms with Crippen molar-refractivity contribution in [1.82, 2.24) is 0 Å². The van der Waals surface area contributed by atoms with Gasteiger partial charge in [-0.15, -0.1) is 0 Å². The van der Waals surface area contributed by atoms with Crippen molar-refractivity contribution in [1.29, 1.82) is 0 Å². The predicted octanol–water partition coefficient (Wildman–Crippen LogP) is -2.35. The van der Waals surface area contributed by atoms with Gasteiger partial charge in [0.25, 0.3) is 0 Å². The number of aliphatic hydroxyl groups excluding tert-OH is 4. The average Bonchev–Trinajstić information content (AvgIpc) is 2.12. The molecule has 5 nitrogen and oxygen atoms in total. The van der Waals surface area contributed by atoms with Crippen LogP contribution in [0.4, 0.5) is 0 Å². The molecule has 0 aromatic rings. The Hall–Kier alpha value is -0.490. The molecule has 0 aliphatic carbocycles. The summed E-state index contributed by atoms with van der Waals surface area (Å²) in [6, 6.07) is 0. The summed E-state index contributed by atoms with van der Waals surface area (Å²) < 4.78 is 6.57. The van der Waals surface area contributed by atoms with Crippen LogP contribution < -0.4 is 0 Å².